The minimum Gasteiger partial charge on any atom is -0.378 e. The molecule has 1 aliphatic carbocycles. The van der Waals surface area contributed by atoms with Crippen molar-refractivity contribution in [2.75, 3.05) is 61.1 Å². The molecule has 0 saturated carbocycles. The molecule has 0 aromatic carbocycles. The first-order chi connectivity index (χ1) is 14.3. The third-order valence-corrected chi connectivity index (χ3v) is 6.36. The van der Waals surface area contributed by atoms with Gasteiger partial charge >= 0.3 is 0 Å². The third-order valence-electron chi connectivity index (χ3n) is 6.36. The van der Waals surface area contributed by atoms with E-state index in [4.69, 9.17) is 9.72 Å². The lowest BCUT2D eigenvalue weighted by Gasteiger charge is -2.38. The van der Waals surface area contributed by atoms with Crippen molar-refractivity contribution in [3.8, 4) is 0 Å². The monoisotopic (exact) mass is 395 g/mol. The van der Waals surface area contributed by atoms with E-state index in [-0.39, 0.29) is 0 Å². The Labute approximate surface area is 171 Å². The number of hydrogen-bond acceptors (Lipinski definition) is 8. The Hall–Kier alpha value is -2.48. The van der Waals surface area contributed by atoms with Crippen LogP contribution in [0.1, 0.15) is 30.5 Å². The predicted octanol–water partition coefficient (Wildman–Crippen LogP) is 1.70. The minimum atomic E-state index is 0.395. The molecular formula is C21H29N7O. The summed E-state index contributed by atoms with van der Waals surface area (Å²) in [5.41, 5.74) is 2.58. The van der Waals surface area contributed by atoms with Crippen molar-refractivity contribution in [1.29, 1.82) is 0 Å². The van der Waals surface area contributed by atoms with E-state index in [1.165, 1.54) is 17.7 Å². The molecule has 0 radical (unpaired) electrons. The molecule has 2 fully saturated rings. The molecular weight excluding hydrogens is 366 g/mol. The normalized spacial score (nSPS) is 21.9. The van der Waals surface area contributed by atoms with Gasteiger partial charge in [0.2, 0.25) is 5.95 Å². The SMILES string of the molecule is CN(c1ccnc(N2CCOCC2)n1)C1CCCN(c2cc3c(nn2)CCC3)C1. The quantitative estimate of drug-likeness (QED) is 0.775. The Morgan fingerprint density at radius 1 is 1.07 bits per heavy atom. The number of fused-ring (bicyclic) bond motifs is 1. The Bertz CT molecular complexity index is 855. The maximum absolute atomic E-state index is 5.45. The van der Waals surface area contributed by atoms with Gasteiger partial charge in [-0.15, -0.1) is 5.10 Å². The molecule has 1 unspecified atom stereocenters. The van der Waals surface area contributed by atoms with Crippen LogP contribution in [-0.4, -0.2) is 72.6 Å². The van der Waals surface area contributed by atoms with Crippen molar-refractivity contribution in [2.45, 2.75) is 38.1 Å². The fraction of sp³-hybridized carbons (Fsp3) is 0.619. The van der Waals surface area contributed by atoms with Crippen LogP contribution < -0.4 is 14.7 Å². The minimum absolute atomic E-state index is 0.395. The van der Waals surface area contributed by atoms with Gasteiger partial charge in [0.15, 0.2) is 5.82 Å². The van der Waals surface area contributed by atoms with Crippen molar-refractivity contribution in [3.63, 3.8) is 0 Å². The first-order valence-corrected chi connectivity index (χ1v) is 10.8. The zero-order valence-corrected chi connectivity index (χ0v) is 17.1. The van der Waals surface area contributed by atoms with E-state index in [0.29, 0.717) is 6.04 Å². The number of anilines is 3. The fourth-order valence-corrected chi connectivity index (χ4v) is 4.59. The summed E-state index contributed by atoms with van der Waals surface area (Å²) in [6, 6.07) is 4.67. The first-order valence-electron chi connectivity index (χ1n) is 10.8. The van der Waals surface area contributed by atoms with E-state index in [2.05, 4.69) is 43.0 Å². The van der Waals surface area contributed by atoms with Gasteiger partial charge in [-0.1, -0.05) is 0 Å². The Morgan fingerprint density at radius 3 is 2.86 bits per heavy atom. The molecule has 2 aliphatic heterocycles. The number of ether oxygens (including phenoxy) is 1. The van der Waals surface area contributed by atoms with E-state index >= 15 is 0 Å². The maximum Gasteiger partial charge on any atom is 0.227 e. The molecule has 3 aliphatic rings. The van der Waals surface area contributed by atoms with E-state index in [9.17, 15) is 0 Å². The highest BCUT2D eigenvalue weighted by molar-refractivity contribution is 5.47. The molecule has 2 saturated heterocycles. The maximum atomic E-state index is 5.45. The summed E-state index contributed by atoms with van der Waals surface area (Å²) in [5, 5.41) is 9.01. The lowest BCUT2D eigenvalue weighted by Crippen LogP contribution is -2.47. The molecule has 5 rings (SSSR count). The summed E-state index contributed by atoms with van der Waals surface area (Å²) in [5.74, 6) is 2.81. The second-order valence-corrected chi connectivity index (χ2v) is 8.20. The van der Waals surface area contributed by atoms with Gasteiger partial charge in [-0.3, -0.25) is 0 Å². The summed E-state index contributed by atoms with van der Waals surface area (Å²) in [6.45, 7) is 5.16. The molecule has 29 heavy (non-hydrogen) atoms. The number of nitrogens with zero attached hydrogens (tertiary/aromatic N) is 7. The molecule has 8 nitrogen and oxygen atoms in total. The lowest BCUT2D eigenvalue weighted by molar-refractivity contribution is 0.122. The topological polar surface area (TPSA) is 70.5 Å². The highest BCUT2D eigenvalue weighted by Crippen LogP contribution is 2.27. The molecule has 154 valence electrons. The molecule has 2 aromatic heterocycles. The van der Waals surface area contributed by atoms with E-state index in [1.54, 1.807) is 0 Å². The molecule has 0 amide bonds. The molecule has 4 heterocycles. The van der Waals surface area contributed by atoms with Crippen LogP contribution in [0.5, 0.6) is 0 Å². The van der Waals surface area contributed by atoms with Gasteiger partial charge in [0, 0.05) is 45.5 Å². The summed E-state index contributed by atoms with van der Waals surface area (Å²) in [6.07, 6.45) is 7.60. The Morgan fingerprint density at radius 2 is 1.97 bits per heavy atom. The van der Waals surface area contributed by atoms with Crippen molar-refractivity contribution in [1.82, 2.24) is 20.2 Å². The second kappa shape index (κ2) is 8.10. The second-order valence-electron chi connectivity index (χ2n) is 8.20. The van der Waals surface area contributed by atoms with Crippen molar-refractivity contribution < 1.29 is 4.74 Å². The largest absolute Gasteiger partial charge is 0.378 e. The average Bonchev–Trinajstić information content (AvgIpc) is 3.27. The van der Waals surface area contributed by atoms with E-state index < -0.39 is 0 Å². The van der Waals surface area contributed by atoms with E-state index in [0.717, 1.165) is 82.7 Å². The molecule has 0 spiro atoms. The van der Waals surface area contributed by atoms with E-state index in [1.807, 2.05) is 12.3 Å². The van der Waals surface area contributed by atoms with Crippen LogP contribution in [0.3, 0.4) is 0 Å². The smallest absolute Gasteiger partial charge is 0.227 e. The lowest BCUT2D eigenvalue weighted by atomic mass is 10.0. The van der Waals surface area contributed by atoms with Crippen LogP contribution in [0.25, 0.3) is 0 Å². The van der Waals surface area contributed by atoms with Crippen LogP contribution in [0.15, 0.2) is 18.3 Å². The van der Waals surface area contributed by atoms with Crippen molar-refractivity contribution in [3.05, 3.63) is 29.6 Å². The zero-order chi connectivity index (χ0) is 19.6. The molecule has 1 atom stereocenters. The fourth-order valence-electron chi connectivity index (χ4n) is 4.59. The highest BCUT2D eigenvalue weighted by Gasteiger charge is 2.27. The molecule has 2 aromatic rings. The molecule has 0 N–H and O–H groups in total. The number of likely N-dealkylation sites (N-methyl/N-ethyl adjacent to an activating group) is 1. The van der Waals surface area contributed by atoms with Gasteiger partial charge < -0.3 is 19.4 Å². The van der Waals surface area contributed by atoms with Crippen molar-refractivity contribution in [2.24, 2.45) is 0 Å². The van der Waals surface area contributed by atoms with Crippen LogP contribution in [0.4, 0.5) is 17.6 Å². The number of aromatic nitrogens is 4. The average molecular weight is 396 g/mol. The Kier molecular flexibility index (Phi) is 5.18. The number of aryl methyl sites for hydroxylation is 2. The summed E-state index contributed by atoms with van der Waals surface area (Å²) in [4.78, 5) is 16.2. The van der Waals surface area contributed by atoms with Crippen molar-refractivity contribution >= 4 is 17.6 Å². The van der Waals surface area contributed by atoms with Gasteiger partial charge in [0.05, 0.1) is 18.9 Å². The van der Waals surface area contributed by atoms with Gasteiger partial charge in [-0.25, -0.2) is 4.98 Å². The highest BCUT2D eigenvalue weighted by atomic mass is 16.5. The van der Waals surface area contributed by atoms with Crippen LogP contribution in [0, 0.1) is 0 Å². The van der Waals surface area contributed by atoms with Gasteiger partial charge in [-0.05, 0) is 49.8 Å². The summed E-state index contributed by atoms with van der Waals surface area (Å²) >= 11 is 0. The van der Waals surface area contributed by atoms with Gasteiger partial charge in [0.25, 0.3) is 0 Å². The van der Waals surface area contributed by atoms with Gasteiger partial charge in [0.1, 0.15) is 5.82 Å². The first kappa shape index (κ1) is 18.5. The standard InChI is InChI=1S/C21H29N7O/c1-26(19-7-8-22-21(23-19)27-10-12-29-13-11-27)17-5-3-9-28(15-17)20-14-16-4-2-6-18(16)24-25-20/h7-8,14,17H,2-6,9-13,15H2,1H3. The number of piperidine rings is 1. The predicted molar refractivity (Wildman–Crippen MR) is 113 cm³/mol. The summed E-state index contributed by atoms with van der Waals surface area (Å²) < 4.78 is 5.45. The third kappa shape index (κ3) is 3.85. The number of rotatable bonds is 4. The molecule has 0 bridgehead atoms. The van der Waals surface area contributed by atoms with Gasteiger partial charge in [-0.2, -0.15) is 10.1 Å². The molecule has 8 heteroatoms. The van der Waals surface area contributed by atoms with Crippen LogP contribution >= 0.6 is 0 Å². The Balaban J connectivity index is 1.30. The number of morpholine rings is 1. The number of hydrogen-bond donors (Lipinski definition) is 0. The summed E-state index contributed by atoms with van der Waals surface area (Å²) in [7, 11) is 2.15. The zero-order valence-electron chi connectivity index (χ0n) is 17.1. The van der Waals surface area contributed by atoms with Crippen LogP contribution in [-0.2, 0) is 17.6 Å². The van der Waals surface area contributed by atoms with Crippen LogP contribution in [0.2, 0.25) is 0 Å².